The number of carbonyl (C=O) groups excluding carboxylic acids is 1. The van der Waals surface area contributed by atoms with Gasteiger partial charge in [0.15, 0.2) is 4.96 Å². The number of thiazole rings is 1. The summed E-state index contributed by atoms with van der Waals surface area (Å²) in [5, 5.41) is 4.66. The number of hydrogen-bond donors (Lipinski definition) is 1. The first-order chi connectivity index (χ1) is 11.7. The molecule has 0 unspecified atom stereocenters. The molecule has 4 aromatic rings. The highest BCUT2D eigenvalue weighted by Gasteiger charge is 2.15. The summed E-state index contributed by atoms with van der Waals surface area (Å²) in [6.45, 7) is 2.05. The molecule has 1 amide bonds. The number of nitrogens with zero attached hydrogens (tertiary/aromatic N) is 3. The van der Waals surface area contributed by atoms with Gasteiger partial charge in [-0.1, -0.05) is 29.8 Å². The summed E-state index contributed by atoms with van der Waals surface area (Å²) in [6.07, 6.45) is 5.18. The minimum absolute atomic E-state index is 0.179. The van der Waals surface area contributed by atoms with Crippen molar-refractivity contribution in [3.63, 3.8) is 0 Å². The fourth-order valence-corrected chi connectivity index (χ4v) is 3.30. The van der Waals surface area contributed by atoms with Crippen molar-refractivity contribution in [2.45, 2.75) is 6.92 Å². The molecule has 0 aliphatic rings. The second-order valence-corrected chi connectivity index (χ2v) is 6.30. The number of anilines is 1. The van der Waals surface area contributed by atoms with Crippen LogP contribution >= 0.6 is 11.3 Å². The van der Waals surface area contributed by atoms with Crippen LogP contribution in [0.4, 0.5) is 5.69 Å². The molecule has 0 aliphatic heterocycles. The van der Waals surface area contributed by atoms with Gasteiger partial charge in [0.25, 0.3) is 5.91 Å². The van der Waals surface area contributed by atoms with Crippen LogP contribution in [0.25, 0.3) is 16.2 Å². The summed E-state index contributed by atoms with van der Waals surface area (Å²) in [5.74, 6) is -0.179. The van der Waals surface area contributed by atoms with E-state index in [1.807, 2.05) is 28.1 Å². The molecule has 3 aromatic heterocycles. The molecule has 0 fully saturated rings. The van der Waals surface area contributed by atoms with E-state index in [0.29, 0.717) is 11.4 Å². The van der Waals surface area contributed by atoms with Gasteiger partial charge in [-0.3, -0.25) is 14.2 Å². The Hall–Kier alpha value is -2.99. The Bertz CT molecular complexity index is 1000. The van der Waals surface area contributed by atoms with E-state index in [9.17, 15) is 4.79 Å². The van der Waals surface area contributed by atoms with Crippen molar-refractivity contribution < 1.29 is 4.79 Å². The van der Waals surface area contributed by atoms with E-state index in [2.05, 4.69) is 34.3 Å². The average Bonchev–Trinajstić information content (AvgIpc) is 3.17. The highest BCUT2D eigenvalue weighted by atomic mass is 32.1. The van der Waals surface area contributed by atoms with Gasteiger partial charge in [-0.05, 0) is 19.1 Å². The maximum absolute atomic E-state index is 12.5. The molecule has 0 aliphatic carbocycles. The maximum Gasteiger partial charge on any atom is 0.273 e. The molecule has 6 heteroatoms. The van der Waals surface area contributed by atoms with Crippen LogP contribution in [0.3, 0.4) is 0 Å². The first kappa shape index (κ1) is 14.6. The Balaban J connectivity index is 1.67. The summed E-state index contributed by atoms with van der Waals surface area (Å²) >= 11 is 1.45. The number of rotatable bonds is 3. The zero-order valence-electron chi connectivity index (χ0n) is 12.9. The monoisotopic (exact) mass is 334 g/mol. The zero-order chi connectivity index (χ0) is 16.5. The van der Waals surface area contributed by atoms with Gasteiger partial charge >= 0.3 is 0 Å². The van der Waals surface area contributed by atoms with Crippen LogP contribution in [0.5, 0.6) is 0 Å². The van der Waals surface area contributed by atoms with E-state index in [-0.39, 0.29) is 5.91 Å². The molecule has 4 rings (SSSR count). The topological polar surface area (TPSA) is 59.3 Å². The number of amides is 1. The van der Waals surface area contributed by atoms with Crippen molar-refractivity contribution in [1.82, 2.24) is 14.4 Å². The van der Waals surface area contributed by atoms with Crippen LogP contribution < -0.4 is 5.32 Å². The number of carbonyl (C=O) groups is 1. The summed E-state index contributed by atoms with van der Waals surface area (Å²) in [6, 6.07) is 11.8. The standard InChI is InChI=1S/C18H14N4OS/c1-12-4-6-13(7-5-12)15-10-22-16(11-24-18(22)21-15)17(23)20-14-3-2-8-19-9-14/h2-11H,1H3,(H,20,23). The Morgan fingerprint density at radius 2 is 2.04 bits per heavy atom. The van der Waals surface area contributed by atoms with Crippen LogP contribution in [-0.4, -0.2) is 20.3 Å². The minimum Gasteiger partial charge on any atom is -0.319 e. The maximum atomic E-state index is 12.5. The molecule has 1 N–H and O–H groups in total. The van der Waals surface area contributed by atoms with Crippen molar-refractivity contribution in [2.24, 2.45) is 0 Å². The average molecular weight is 334 g/mol. The molecule has 0 atom stereocenters. The van der Waals surface area contributed by atoms with E-state index in [1.165, 1.54) is 16.9 Å². The molecule has 0 bridgehead atoms. The van der Waals surface area contributed by atoms with Gasteiger partial charge in [-0.2, -0.15) is 0 Å². The van der Waals surface area contributed by atoms with Crippen LogP contribution in [0, 0.1) is 6.92 Å². The number of aromatic nitrogens is 3. The number of benzene rings is 1. The third-order valence-corrected chi connectivity index (χ3v) is 4.55. The van der Waals surface area contributed by atoms with E-state index in [0.717, 1.165) is 16.2 Å². The lowest BCUT2D eigenvalue weighted by Crippen LogP contribution is -2.13. The molecule has 0 spiro atoms. The van der Waals surface area contributed by atoms with Gasteiger partial charge in [-0.25, -0.2) is 4.98 Å². The van der Waals surface area contributed by atoms with E-state index >= 15 is 0 Å². The third-order valence-electron chi connectivity index (χ3n) is 3.71. The predicted molar refractivity (Wildman–Crippen MR) is 95.4 cm³/mol. The molecular formula is C18H14N4OS. The molecule has 0 radical (unpaired) electrons. The molecule has 0 saturated carbocycles. The number of aryl methyl sites for hydroxylation is 1. The van der Waals surface area contributed by atoms with Gasteiger partial charge in [0.2, 0.25) is 0 Å². The Kier molecular flexibility index (Phi) is 3.59. The SMILES string of the molecule is Cc1ccc(-c2cn3c(C(=O)Nc4cccnc4)csc3n2)cc1. The van der Waals surface area contributed by atoms with Gasteiger partial charge in [0.1, 0.15) is 5.69 Å². The fourth-order valence-electron chi connectivity index (χ4n) is 2.44. The second-order valence-electron chi connectivity index (χ2n) is 5.46. The van der Waals surface area contributed by atoms with E-state index in [1.54, 1.807) is 24.5 Å². The second kappa shape index (κ2) is 5.90. The quantitative estimate of drug-likeness (QED) is 0.615. The molecule has 0 saturated heterocycles. The van der Waals surface area contributed by atoms with Gasteiger partial charge < -0.3 is 5.32 Å². The number of fused-ring (bicyclic) bond motifs is 1. The van der Waals surface area contributed by atoms with Crippen LogP contribution in [0.15, 0.2) is 60.4 Å². The van der Waals surface area contributed by atoms with E-state index in [4.69, 9.17) is 0 Å². The van der Waals surface area contributed by atoms with E-state index < -0.39 is 0 Å². The summed E-state index contributed by atoms with van der Waals surface area (Å²) in [4.78, 5) is 21.9. The molecule has 5 nitrogen and oxygen atoms in total. The summed E-state index contributed by atoms with van der Waals surface area (Å²) in [7, 11) is 0. The smallest absolute Gasteiger partial charge is 0.273 e. The van der Waals surface area contributed by atoms with Crippen molar-refractivity contribution in [2.75, 3.05) is 5.32 Å². The number of hydrogen-bond acceptors (Lipinski definition) is 4. The van der Waals surface area contributed by atoms with Gasteiger partial charge in [0, 0.05) is 23.3 Å². The Morgan fingerprint density at radius 1 is 1.21 bits per heavy atom. The number of imidazole rings is 1. The summed E-state index contributed by atoms with van der Waals surface area (Å²) < 4.78 is 1.82. The van der Waals surface area contributed by atoms with Crippen molar-refractivity contribution in [1.29, 1.82) is 0 Å². The van der Waals surface area contributed by atoms with Crippen LogP contribution in [-0.2, 0) is 0 Å². The summed E-state index contributed by atoms with van der Waals surface area (Å²) in [5.41, 5.74) is 4.33. The Labute approximate surface area is 142 Å². The highest BCUT2D eigenvalue weighted by Crippen LogP contribution is 2.24. The first-order valence-electron chi connectivity index (χ1n) is 7.46. The minimum atomic E-state index is -0.179. The van der Waals surface area contributed by atoms with Gasteiger partial charge in [-0.15, -0.1) is 11.3 Å². The lowest BCUT2D eigenvalue weighted by molar-refractivity contribution is 0.102. The van der Waals surface area contributed by atoms with Crippen molar-refractivity contribution in [3.8, 4) is 11.3 Å². The lowest BCUT2D eigenvalue weighted by Gasteiger charge is -2.03. The van der Waals surface area contributed by atoms with Crippen LogP contribution in [0.2, 0.25) is 0 Å². The Morgan fingerprint density at radius 3 is 2.79 bits per heavy atom. The molecule has 1 aromatic carbocycles. The normalized spacial score (nSPS) is 10.9. The predicted octanol–water partition coefficient (Wildman–Crippen LogP) is 4.02. The fraction of sp³-hybridized carbons (Fsp3) is 0.0556. The largest absolute Gasteiger partial charge is 0.319 e. The molecule has 118 valence electrons. The zero-order valence-corrected chi connectivity index (χ0v) is 13.7. The number of pyridine rings is 1. The van der Waals surface area contributed by atoms with Crippen LogP contribution in [0.1, 0.15) is 16.1 Å². The molecule has 24 heavy (non-hydrogen) atoms. The number of nitrogens with one attached hydrogen (secondary N) is 1. The van der Waals surface area contributed by atoms with Crippen molar-refractivity contribution >= 4 is 27.9 Å². The molecular weight excluding hydrogens is 320 g/mol. The highest BCUT2D eigenvalue weighted by molar-refractivity contribution is 7.15. The lowest BCUT2D eigenvalue weighted by atomic mass is 10.1. The van der Waals surface area contributed by atoms with Gasteiger partial charge in [0.05, 0.1) is 17.6 Å². The van der Waals surface area contributed by atoms with Crippen molar-refractivity contribution in [3.05, 3.63) is 71.6 Å². The first-order valence-corrected chi connectivity index (χ1v) is 8.34. The molecule has 3 heterocycles. The third kappa shape index (κ3) is 2.68.